The number of guanidine groups is 1. The third kappa shape index (κ3) is 6.45. The number of nitrogens with zero attached hydrogens (tertiary/aromatic N) is 2. The number of likely N-dealkylation sites (tertiary alicyclic amines) is 1. The van der Waals surface area contributed by atoms with Crippen LogP contribution >= 0.6 is 24.0 Å². The second-order valence-electron chi connectivity index (χ2n) is 6.46. The maximum atomic E-state index is 11.9. The van der Waals surface area contributed by atoms with Crippen LogP contribution in [-0.4, -0.2) is 50.1 Å². The number of rotatable bonds is 6. The minimum atomic E-state index is -0.0554. The van der Waals surface area contributed by atoms with Crippen LogP contribution in [0.5, 0.6) is 0 Å². The normalized spacial score (nSPS) is 16.6. The molecular weight excluding hydrogens is 441 g/mol. The van der Waals surface area contributed by atoms with Crippen molar-refractivity contribution < 1.29 is 9.53 Å². The fraction of sp³-hybridized carbons (Fsp3) is 0.600. The second-order valence-corrected chi connectivity index (χ2v) is 6.46. The summed E-state index contributed by atoms with van der Waals surface area (Å²) in [6.07, 6.45) is 2.74. The van der Waals surface area contributed by atoms with Crippen LogP contribution in [0, 0.1) is 5.92 Å². The summed E-state index contributed by atoms with van der Waals surface area (Å²) in [5.74, 6) is 1.37. The van der Waals surface area contributed by atoms with Crippen molar-refractivity contribution in [2.24, 2.45) is 10.9 Å². The monoisotopic (exact) mass is 473 g/mol. The molecule has 1 N–H and O–H groups in total. The van der Waals surface area contributed by atoms with Crippen molar-refractivity contribution >= 4 is 35.9 Å². The van der Waals surface area contributed by atoms with Crippen LogP contribution in [0.3, 0.4) is 0 Å². The number of piperidine rings is 1. The lowest BCUT2D eigenvalue weighted by Crippen LogP contribution is -2.47. The fourth-order valence-corrected chi connectivity index (χ4v) is 3.36. The van der Waals surface area contributed by atoms with Gasteiger partial charge in [0.25, 0.3) is 0 Å². The first-order valence-electron chi connectivity index (χ1n) is 9.36. The number of benzene rings is 1. The number of carbonyl (C=O) groups excluding carboxylic acids is 1. The summed E-state index contributed by atoms with van der Waals surface area (Å²) >= 11 is 0. The van der Waals surface area contributed by atoms with Crippen LogP contribution < -0.4 is 5.32 Å². The zero-order valence-corrected chi connectivity index (χ0v) is 18.4. The van der Waals surface area contributed by atoms with Crippen molar-refractivity contribution in [1.82, 2.24) is 10.2 Å². The quantitative estimate of drug-likeness (QED) is 0.297. The van der Waals surface area contributed by atoms with E-state index < -0.39 is 0 Å². The minimum Gasteiger partial charge on any atom is -0.466 e. The molecule has 1 aliphatic heterocycles. The molecular formula is C20H32IN3O2. The molecule has 1 atom stereocenters. The van der Waals surface area contributed by atoms with Gasteiger partial charge in [-0.1, -0.05) is 37.3 Å². The molecule has 1 heterocycles. The molecule has 0 amide bonds. The van der Waals surface area contributed by atoms with E-state index in [1.54, 1.807) is 0 Å². The zero-order valence-electron chi connectivity index (χ0n) is 16.1. The van der Waals surface area contributed by atoms with Gasteiger partial charge in [0.05, 0.1) is 12.5 Å². The first-order chi connectivity index (χ1) is 12.2. The molecule has 0 spiro atoms. The number of carbonyl (C=O) groups is 1. The smallest absolute Gasteiger partial charge is 0.309 e. The van der Waals surface area contributed by atoms with E-state index in [4.69, 9.17) is 4.74 Å². The molecule has 26 heavy (non-hydrogen) atoms. The Morgan fingerprint density at radius 2 is 1.92 bits per heavy atom. The molecule has 1 aliphatic rings. The van der Waals surface area contributed by atoms with Gasteiger partial charge in [0.15, 0.2) is 5.96 Å². The largest absolute Gasteiger partial charge is 0.466 e. The molecule has 0 aromatic heterocycles. The van der Waals surface area contributed by atoms with Crippen LogP contribution in [0.4, 0.5) is 0 Å². The summed E-state index contributed by atoms with van der Waals surface area (Å²) in [7, 11) is 1.82. The highest BCUT2D eigenvalue weighted by Crippen LogP contribution is 2.20. The summed E-state index contributed by atoms with van der Waals surface area (Å²) in [5, 5.41) is 3.52. The molecule has 1 saturated heterocycles. The molecule has 0 bridgehead atoms. The highest BCUT2D eigenvalue weighted by molar-refractivity contribution is 14.0. The number of ether oxygens (including phenoxy) is 1. The average molecular weight is 473 g/mol. The Balaban J connectivity index is 0.00000338. The zero-order chi connectivity index (χ0) is 18.1. The number of nitrogens with one attached hydrogen (secondary N) is 1. The predicted octanol–water partition coefficient (Wildman–Crippen LogP) is 3.65. The van der Waals surface area contributed by atoms with E-state index in [9.17, 15) is 4.79 Å². The second kappa shape index (κ2) is 12.1. The summed E-state index contributed by atoms with van der Waals surface area (Å²) in [6.45, 7) is 7.07. The molecule has 1 fully saturated rings. The first-order valence-corrected chi connectivity index (χ1v) is 9.36. The van der Waals surface area contributed by atoms with E-state index in [0.29, 0.717) is 12.5 Å². The van der Waals surface area contributed by atoms with Crippen LogP contribution in [0.15, 0.2) is 35.3 Å². The summed E-state index contributed by atoms with van der Waals surface area (Å²) < 4.78 is 5.14. The van der Waals surface area contributed by atoms with Gasteiger partial charge in [-0.05, 0) is 31.7 Å². The summed E-state index contributed by atoms with van der Waals surface area (Å²) in [5.41, 5.74) is 1.36. The Hall–Kier alpha value is -1.31. The topological polar surface area (TPSA) is 53.9 Å². The van der Waals surface area contributed by atoms with E-state index in [1.165, 1.54) is 5.56 Å². The number of hydrogen-bond donors (Lipinski definition) is 1. The van der Waals surface area contributed by atoms with Crippen molar-refractivity contribution in [2.75, 3.05) is 33.3 Å². The molecule has 1 unspecified atom stereocenters. The Morgan fingerprint density at radius 1 is 1.27 bits per heavy atom. The van der Waals surface area contributed by atoms with E-state index in [0.717, 1.165) is 44.9 Å². The predicted molar refractivity (Wildman–Crippen MR) is 117 cm³/mol. The molecule has 6 heteroatoms. The van der Waals surface area contributed by atoms with Crippen molar-refractivity contribution in [1.29, 1.82) is 0 Å². The van der Waals surface area contributed by atoms with Crippen LogP contribution in [0.25, 0.3) is 0 Å². The highest BCUT2D eigenvalue weighted by Gasteiger charge is 2.27. The van der Waals surface area contributed by atoms with Gasteiger partial charge in [0.1, 0.15) is 0 Å². The third-order valence-electron chi connectivity index (χ3n) is 4.90. The van der Waals surface area contributed by atoms with Gasteiger partial charge in [-0.2, -0.15) is 0 Å². The lowest BCUT2D eigenvalue weighted by molar-refractivity contribution is -0.149. The standard InChI is InChI=1S/C20H31N3O2.HI/c1-4-16(17-9-7-6-8-10-17)15-22-20(21-3)23-13-11-18(12-14-23)19(24)25-5-2;/h6-10,16,18H,4-5,11-15H2,1-3H3,(H,21,22);1H. The fourth-order valence-electron chi connectivity index (χ4n) is 3.36. The lowest BCUT2D eigenvalue weighted by atomic mass is 9.96. The molecule has 0 saturated carbocycles. The van der Waals surface area contributed by atoms with Crippen molar-refractivity contribution in [3.8, 4) is 0 Å². The number of hydrogen-bond acceptors (Lipinski definition) is 3. The van der Waals surface area contributed by atoms with Gasteiger partial charge in [0.2, 0.25) is 0 Å². The van der Waals surface area contributed by atoms with Crippen molar-refractivity contribution in [2.45, 2.75) is 39.0 Å². The van der Waals surface area contributed by atoms with Crippen LogP contribution in [-0.2, 0) is 9.53 Å². The maximum absolute atomic E-state index is 11.9. The Morgan fingerprint density at radius 3 is 2.46 bits per heavy atom. The summed E-state index contributed by atoms with van der Waals surface area (Å²) in [6, 6.07) is 10.6. The van der Waals surface area contributed by atoms with Gasteiger partial charge in [0, 0.05) is 32.6 Å². The maximum Gasteiger partial charge on any atom is 0.309 e. The van der Waals surface area contributed by atoms with E-state index in [2.05, 4.69) is 52.5 Å². The summed E-state index contributed by atoms with van der Waals surface area (Å²) in [4.78, 5) is 18.5. The van der Waals surface area contributed by atoms with E-state index >= 15 is 0 Å². The number of esters is 1. The molecule has 1 aromatic rings. The molecule has 0 aliphatic carbocycles. The Labute approximate surface area is 174 Å². The first kappa shape index (κ1) is 22.7. The number of halogens is 1. The van der Waals surface area contributed by atoms with Crippen LogP contribution in [0.2, 0.25) is 0 Å². The minimum absolute atomic E-state index is 0. The highest BCUT2D eigenvalue weighted by atomic mass is 127. The van der Waals surface area contributed by atoms with E-state index in [-0.39, 0.29) is 35.9 Å². The SMILES string of the molecule is CCOC(=O)C1CCN(C(=NC)NCC(CC)c2ccccc2)CC1.I. The Kier molecular flexibility index (Phi) is 10.6. The average Bonchev–Trinajstić information content (AvgIpc) is 2.66. The van der Waals surface area contributed by atoms with Gasteiger partial charge in [-0.25, -0.2) is 0 Å². The number of aliphatic imine (C=N–C) groups is 1. The van der Waals surface area contributed by atoms with E-state index in [1.807, 2.05) is 14.0 Å². The molecule has 0 radical (unpaired) electrons. The third-order valence-corrected chi connectivity index (χ3v) is 4.90. The molecule has 5 nitrogen and oxygen atoms in total. The Bertz CT molecular complexity index is 557. The lowest BCUT2D eigenvalue weighted by Gasteiger charge is -2.33. The van der Waals surface area contributed by atoms with Gasteiger partial charge < -0.3 is 15.0 Å². The molecule has 1 aromatic carbocycles. The van der Waals surface area contributed by atoms with Crippen molar-refractivity contribution in [3.63, 3.8) is 0 Å². The van der Waals surface area contributed by atoms with Crippen LogP contribution in [0.1, 0.15) is 44.6 Å². The van der Waals surface area contributed by atoms with Crippen molar-refractivity contribution in [3.05, 3.63) is 35.9 Å². The van der Waals surface area contributed by atoms with Gasteiger partial charge in [-0.15, -0.1) is 24.0 Å². The van der Waals surface area contributed by atoms with Gasteiger partial charge >= 0.3 is 5.97 Å². The molecule has 2 rings (SSSR count). The van der Waals surface area contributed by atoms with Gasteiger partial charge in [-0.3, -0.25) is 9.79 Å². The molecule has 146 valence electrons.